The molecule has 150 valence electrons. The molecular formula is C23H24FN3O2. The van der Waals surface area contributed by atoms with E-state index < -0.39 is 0 Å². The number of carbonyl (C=O) groups excluding carboxylic acids is 1. The lowest BCUT2D eigenvalue weighted by molar-refractivity contribution is -0.132. The SMILES string of the molecule is Cc1oc(-c2ccc(F)cc2)nc1CC(=O)N1CCN(Cc2ccccc2)CC1. The molecule has 1 aliphatic rings. The molecule has 3 aromatic rings. The van der Waals surface area contributed by atoms with Crippen LogP contribution < -0.4 is 0 Å². The molecule has 29 heavy (non-hydrogen) atoms. The van der Waals surface area contributed by atoms with Gasteiger partial charge in [0.15, 0.2) is 0 Å². The van der Waals surface area contributed by atoms with E-state index in [1.807, 2.05) is 11.0 Å². The van der Waals surface area contributed by atoms with Gasteiger partial charge in [0.05, 0.1) is 12.1 Å². The molecule has 2 heterocycles. The fourth-order valence-electron chi connectivity index (χ4n) is 3.56. The van der Waals surface area contributed by atoms with Crippen molar-refractivity contribution in [3.8, 4) is 11.5 Å². The molecule has 0 aliphatic carbocycles. The molecule has 1 fully saturated rings. The predicted molar refractivity (Wildman–Crippen MR) is 109 cm³/mol. The number of halogens is 1. The summed E-state index contributed by atoms with van der Waals surface area (Å²) in [6, 6.07) is 16.4. The van der Waals surface area contributed by atoms with Crippen molar-refractivity contribution in [1.82, 2.24) is 14.8 Å². The lowest BCUT2D eigenvalue weighted by Gasteiger charge is -2.34. The van der Waals surface area contributed by atoms with E-state index in [1.54, 1.807) is 19.1 Å². The number of hydrogen-bond donors (Lipinski definition) is 0. The molecule has 0 N–H and O–H groups in total. The molecule has 4 rings (SSSR count). The van der Waals surface area contributed by atoms with Crippen LogP contribution in [-0.4, -0.2) is 46.9 Å². The third-order valence-electron chi connectivity index (χ3n) is 5.28. The van der Waals surface area contributed by atoms with Gasteiger partial charge < -0.3 is 9.32 Å². The van der Waals surface area contributed by atoms with Crippen LogP contribution in [0.4, 0.5) is 4.39 Å². The van der Waals surface area contributed by atoms with E-state index in [9.17, 15) is 9.18 Å². The highest BCUT2D eigenvalue weighted by molar-refractivity contribution is 5.78. The van der Waals surface area contributed by atoms with Gasteiger partial charge in [-0.1, -0.05) is 30.3 Å². The second-order valence-electron chi connectivity index (χ2n) is 7.35. The van der Waals surface area contributed by atoms with Crippen molar-refractivity contribution >= 4 is 5.91 Å². The summed E-state index contributed by atoms with van der Waals surface area (Å²) < 4.78 is 18.8. The number of oxazole rings is 1. The standard InChI is InChI=1S/C23H24FN3O2/c1-17-21(25-23(29-17)19-7-9-20(24)10-8-19)15-22(28)27-13-11-26(12-14-27)16-18-5-3-2-4-6-18/h2-10H,11-16H2,1H3. The van der Waals surface area contributed by atoms with Crippen molar-refractivity contribution in [2.75, 3.05) is 26.2 Å². The highest BCUT2D eigenvalue weighted by Crippen LogP contribution is 2.22. The first-order chi connectivity index (χ1) is 14.1. The summed E-state index contributed by atoms with van der Waals surface area (Å²) >= 11 is 0. The largest absolute Gasteiger partial charge is 0.441 e. The van der Waals surface area contributed by atoms with Crippen LogP contribution in [0.5, 0.6) is 0 Å². The summed E-state index contributed by atoms with van der Waals surface area (Å²) in [6.07, 6.45) is 0.217. The Morgan fingerprint density at radius 1 is 1.03 bits per heavy atom. The Hall–Kier alpha value is -2.99. The lowest BCUT2D eigenvalue weighted by Crippen LogP contribution is -2.48. The second-order valence-corrected chi connectivity index (χ2v) is 7.35. The quantitative estimate of drug-likeness (QED) is 0.664. The normalized spacial score (nSPS) is 14.9. The van der Waals surface area contributed by atoms with E-state index in [0.29, 0.717) is 36.0 Å². The van der Waals surface area contributed by atoms with Crippen LogP contribution in [0.2, 0.25) is 0 Å². The van der Waals surface area contributed by atoms with Crippen LogP contribution in [0, 0.1) is 12.7 Å². The van der Waals surface area contributed by atoms with Crippen molar-refractivity contribution < 1.29 is 13.6 Å². The van der Waals surface area contributed by atoms with Gasteiger partial charge >= 0.3 is 0 Å². The fraction of sp³-hybridized carbons (Fsp3) is 0.304. The van der Waals surface area contributed by atoms with Crippen molar-refractivity contribution in [3.05, 3.63) is 77.4 Å². The Labute approximate surface area is 169 Å². The number of carbonyl (C=O) groups is 1. The van der Waals surface area contributed by atoms with Gasteiger partial charge in [0.1, 0.15) is 11.6 Å². The summed E-state index contributed by atoms with van der Waals surface area (Å²) in [7, 11) is 0. The molecule has 0 radical (unpaired) electrons. The molecule has 1 aliphatic heterocycles. The van der Waals surface area contributed by atoms with E-state index in [1.165, 1.54) is 17.7 Å². The van der Waals surface area contributed by atoms with Gasteiger partial charge in [-0.2, -0.15) is 0 Å². The van der Waals surface area contributed by atoms with Gasteiger partial charge in [-0.3, -0.25) is 9.69 Å². The van der Waals surface area contributed by atoms with E-state index >= 15 is 0 Å². The highest BCUT2D eigenvalue weighted by atomic mass is 19.1. The monoisotopic (exact) mass is 393 g/mol. The number of aromatic nitrogens is 1. The number of aryl methyl sites for hydroxylation is 1. The molecule has 1 amide bonds. The van der Waals surface area contributed by atoms with E-state index in [0.717, 1.165) is 19.6 Å². The van der Waals surface area contributed by atoms with Crippen molar-refractivity contribution in [2.24, 2.45) is 0 Å². The molecule has 5 nitrogen and oxygen atoms in total. The van der Waals surface area contributed by atoms with Crippen LogP contribution >= 0.6 is 0 Å². The van der Waals surface area contributed by atoms with Crippen LogP contribution in [-0.2, 0) is 17.8 Å². The Balaban J connectivity index is 1.34. The van der Waals surface area contributed by atoms with Crippen molar-refractivity contribution in [1.29, 1.82) is 0 Å². The first kappa shape index (κ1) is 19.3. The van der Waals surface area contributed by atoms with Crippen LogP contribution in [0.15, 0.2) is 59.0 Å². The summed E-state index contributed by atoms with van der Waals surface area (Å²) in [5.74, 6) is 0.795. The fourth-order valence-corrected chi connectivity index (χ4v) is 3.56. The minimum Gasteiger partial charge on any atom is -0.441 e. The number of piperazine rings is 1. The number of rotatable bonds is 5. The second kappa shape index (κ2) is 8.57. The Morgan fingerprint density at radius 2 is 1.72 bits per heavy atom. The average molecular weight is 393 g/mol. The van der Waals surface area contributed by atoms with Gasteiger partial charge in [0.25, 0.3) is 0 Å². The van der Waals surface area contributed by atoms with Gasteiger partial charge in [-0.05, 0) is 36.8 Å². The zero-order valence-corrected chi connectivity index (χ0v) is 16.5. The maximum absolute atomic E-state index is 13.1. The smallest absolute Gasteiger partial charge is 0.228 e. The van der Waals surface area contributed by atoms with E-state index in [-0.39, 0.29) is 18.1 Å². The van der Waals surface area contributed by atoms with Gasteiger partial charge in [-0.25, -0.2) is 9.37 Å². The lowest BCUT2D eigenvalue weighted by atomic mass is 10.2. The Bertz CT molecular complexity index is 962. The summed E-state index contributed by atoms with van der Waals surface area (Å²) in [5, 5.41) is 0. The molecule has 6 heteroatoms. The number of hydrogen-bond acceptors (Lipinski definition) is 4. The Morgan fingerprint density at radius 3 is 2.41 bits per heavy atom. The highest BCUT2D eigenvalue weighted by Gasteiger charge is 2.23. The predicted octanol–water partition coefficient (Wildman–Crippen LogP) is 3.68. The first-order valence-corrected chi connectivity index (χ1v) is 9.85. The molecular weight excluding hydrogens is 369 g/mol. The molecule has 0 unspecified atom stereocenters. The van der Waals surface area contributed by atoms with E-state index in [2.05, 4.69) is 34.1 Å². The zero-order valence-electron chi connectivity index (χ0n) is 16.5. The number of amides is 1. The molecule has 0 saturated carbocycles. The molecule has 0 bridgehead atoms. The topological polar surface area (TPSA) is 49.6 Å². The first-order valence-electron chi connectivity index (χ1n) is 9.85. The van der Waals surface area contributed by atoms with E-state index in [4.69, 9.17) is 4.42 Å². The Kier molecular flexibility index (Phi) is 5.71. The molecule has 1 saturated heterocycles. The van der Waals surface area contributed by atoms with Gasteiger partial charge in [0, 0.05) is 38.3 Å². The minimum absolute atomic E-state index is 0.0615. The van der Waals surface area contributed by atoms with Crippen molar-refractivity contribution in [2.45, 2.75) is 19.9 Å². The summed E-state index contributed by atoms with van der Waals surface area (Å²) in [6.45, 7) is 5.87. The molecule has 0 spiro atoms. The average Bonchev–Trinajstić information content (AvgIpc) is 3.10. The number of benzene rings is 2. The van der Waals surface area contributed by atoms with Crippen LogP contribution in [0.1, 0.15) is 17.0 Å². The van der Waals surface area contributed by atoms with Gasteiger partial charge in [-0.15, -0.1) is 0 Å². The molecule has 2 aromatic carbocycles. The third-order valence-corrected chi connectivity index (χ3v) is 5.28. The third kappa shape index (κ3) is 4.71. The molecule has 0 atom stereocenters. The van der Waals surface area contributed by atoms with Gasteiger partial charge in [0.2, 0.25) is 11.8 Å². The summed E-state index contributed by atoms with van der Waals surface area (Å²) in [5.41, 5.74) is 2.63. The number of nitrogens with zero attached hydrogens (tertiary/aromatic N) is 3. The van der Waals surface area contributed by atoms with Crippen LogP contribution in [0.25, 0.3) is 11.5 Å². The summed E-state index contributed by atoms with van der Waals surface area (Å²) in [4.78, 5) is 21.5. The zero-order chi connectivity index (χ0) is 20.2. The minimum atomic E-state index is -0.307. The van der Waals surface area contributed by atoms with Crippen molar-refractivity contribution in [3.63, 3.8) is 0 Å². The maximum atomic E-state index is 13.1. The van der Waals surface area contributed by atoms with Crippen LogP contribution in [0.3, 0.4) is 0 Å². The molecule has 1 aromatic heterocycles. The maximum Gasteiger partial charge on any atom is 0.228 e.